The van der Waals surface area contributed by atoms with Crippen molar-refractivity contribution in [1.82, 2.24) is 5.32 Å². The summed E-state index contributed by atoms with van der Waals surface area (Å²) in [6.45, 7) is 2.87. The molecule has 2 fully saturated rings. The van der Waals surface area contributed by atoms with Crippen molar-refractivity contribution in [1.29, 1.82) is 0 Å². The summed E-state index contributed by atoms with van der Waals surface area (Å²) in [5.41, 5.74) is 0.757. The summed E-state index contributed by atoms with van der Waals surface area (Å²) in [7, 11) is 0. The summed E-state index contributed by atoms with van der Waals surface area (Å²) in [6.07, 6.45) is 6.44. The first-order valence-electron chi connectivity index (χ1n) is 7.85. The van der Waals surface area contributed by atoms with E-state index in [1.807, 2.05) is 6.92 Å². The lowest BCUT2D eigenvalue weighted by atomic mass is 9.82. The minimum absolute atomic E-state index is 0.0783. The predicted molar refractivity (Wildman–Crippen MR) is 76.3 cm³/mol. The second-order valence-electron chi connectivity index (χ2n) is 6.48. The highest BCUT2D eigenvalue weighted by molar-refractivity contribution is 5.21. The van der Waals surface area contributed by atoms with Crippen molar-refractivity contribution in [3.05, 3.63) is 35.4 Å². The zero-order chi connectivity index (χ0) is 14.1. The average Bonchev–Trinajstić information content (AvgIpc) is 2.99. The van der Waals surface area contributed by atoms with Gasteiger partial charge in [-0.2, -0.15) is 0 Å². The number of rotatable bonds is 5. The summed E-state index contributed by atoms with van der Waals surface area (Å²) in [4.78, 5) is 0. The molecule has 20 heavy (non-hydrogen) atoms. The highest BCUT2D eigenvalue weighted by Crippen LogP contribution is 2.50. The molecule has 0 heterocycles. The van der Waals surface area contributed by atoms with Gasteiger partial charge in [-0.25, -0.2) is 8.78 Å². The van der Waals surface area contributed by atoms with Crippen LogP contribution in [0.2, 0.25) is 0 Å². The first kappa shape index (κ1) is 14.0. The summed E-state index contributed by atoms with van der Waals surface area (Å²) < 4.78 is 26.8. The van der Waals surface area contributed by atoms with E-state index in [1.54, 1.807) is 0 Å². The van der Waals surface area contributed by atoms with E-state index >= 15 is 0 Å². The van der Waals surface area contributed by atoms with Gasteiger partial charge >= 0.3 is 0 Å². The lowest BCUT2D eigenvalue weighted by molar-refractivity contribution is 0.280. The molecule has 2 saturated carbocycles. The molecule has 1 N–H and O–H groups in total. The third kappa shape index (κ3) is 2.88. The first-order valence-corrected chi connectivity index (χ1v) is 7.85. The van der Waals surface area contributed by atoms with Crippen molar-refractivity contribution in [3.8, 4) is 0 Å². The topological polar surface area (TPSA) is 12.0 Å². The number of halogens is 2. The van der Waals surface area contributed by atoms with Crippen LogP contribution < -0.4 is 5.32 Å². The fourth-order valence-corrected chi connectivity index (χ4v) is 4.33. The predicted octanol–water partition coefficient (Wildman–Crippen LogP) is 4.44. The summed E-state index contributed by atoms with van der Waals surface area (Å²) in [6, 6.07) is 3.98. The Balaban J connectivity index is 1.74. The molecule has 1 aromatic carbocycles. The Kier molecular flexibility index (Phi) is 4.06. The lowest BCUT2D eigenvalue weighted by Crippen LogP contribution is -2.25. The maximum Gasteiger partial charge on any atom is 0.126 e. The standard InChI is InChI=1S/C17H23F2N/c1-2-20-17(14-7-15(18)10-16(19)8-14)9-13-6-11-3-4-12(13)5-11/h7-8,10-13,17,20H,2-6,9H2,1H3. The molecule has 3 rings (SSSR count). The van der Waals surface area contributed by atoms with E-state index in [0.717, 1.165) is 42.3 Å². The van der Waals surface area contributed by atoms with Crippen LogP contribution in [0.4, 0.5) is 8.78 Å². The number of fused-ring (bicyclic) bond motifs is 2. The zero-order valence-electron chi connectivity index (χ0n) is 12.0. The molecule has 4 atom stereocenters. The average molecular weight is 279 g/mol. The van der Waals surface area contributed by atoms with Crippen LogP contribution in [0.15, 0.2) is 18.2 Å². The Labute approximate surface area is 119 Å². The number of benzene rings is 1. The monoisotopic (exact) mass is 279 g/mol. The zero-order valence-corrected chi connectivity index (χ0v) is 12.0. The van der Waals surface area contributed by atoms with Crippen molar-refractivity contribution in [2.24, 2.45) is 17.8 Å². The van der Waals surface area contributed by atoms with E-state index < -0.39 is 11.6 Å². The second kappa shape index (κ2) is 5.80. The molecule has 0 amide bonds. The highest BCUT2D eigenvalue weighted by atomic mass is 19.1. The van der Waals surface area contributed by atoms with E-state index in [1.165, 1.54) is 37.8 Å². The Morgan fingerprint density at radius 3 is 2.45 bits per heavy atom. The van der Waals surface area contributed by atoms with E-state index in [2.05, 4.69) is 5.32 Å². The molecular weight excluding hydrogens is 256 g/mol. The maximum absolute atomic E-state index is 13.4. The van der Waals surface area contributed by atoms with Gasteiger partial charge in [-0.05, 0) is 67.7 Å². The van der Waals surface area contributed by atoms with Gasteiger partial charge in [0.05, 0.1) is 0 Å². The van der Waals surface area contributed by atoms with E-state index in [0.29, 0.717) is 0 Å². The van der Waals surface area contributed by atoms with E-state index in [9.17, 15) is 8.78 Å². The molecule has 1 nitrogen and oxygen atoms in total. The molecule has 0 aromatic heterocycles. The van der Waals surface area contributed by atoms with Crippen molar-refractivity contribution in [3.63, 3.8) is 0 Å². The largest absolute Gasteiger partial charge is 0.310 e. The van der Waals surface area contributed by atoms with Crippen LogP contribution in [0.1, 0.15) is 50.6 Å². The van der Waals surface area contributed by atoms with Gasteiger partial charge in [0.15, 0.2) is 0 Å². The second-order valence-corrected chi connectivity index (χ2v) is 6.48. The summed E-state index contributed by atoms with van der Waals surface area (Å²) in [5, 5.41) is 3.41. The fourth-order valence-electron chi connectivity index (χ4n) is 4.33. The lowest BCUT2D eigenvalue weighted by Gasteiger charge is -2.27. The Morgan fingerprint density at radius 1 is 1.15 bits per heavy atom. The van der Waals surface area contributed by atoms with Gasteiger partial charge in [0.1, 0.15) is 11.6 Å². The van der Waals surface area contributed by atoms with Gasteiger partial charge in [-0.3, -0.25) is 0 Å². The quantitative estimate of drug-likeness (QED) is 0.840. The Hall–Kier alpha value is -0.960. The molecule has 1 aromatic rings. The number of nitrogens with one attached hydrogen (secondary N) is 1. The van der Waals surface area contributed by atoms with Crippen LogP contribution in [0.3, 0.4) is 0 Å². The first-order chi connectivity index (χ1) is 9.65. The molecule has 0 radical (unpaired) electrons. The van der Waals surface area contributed by atoms with E-state index in [-0.39, 0.29) is 6.04 Å². The van der Waals surface area contributed by atoms with Crippen LogP contribution in [0.25, 0.3) is 0 Å². The normalized spacial score (nSPS) is 29.9. The van der Waals surface area contributed by atoms with Crippen molar-refractivity contribution < 1.29 is 8.78 Å². The highest BCUT2D eigenvalue weighted by Gasteiger charge is 2.40. The van der Waals surface area contributed by atoms with Gasteiger partial charge in [0, 0.05) is 12.1 Å². The molecule has 0 saturated heterocycles. The summed E-state index contributed by atoms with van der Waals surface area (Å²) in [5.74, 6) is 1.53. The van der Waals surface area contributed by atoms with Crippen LogP contribution in [-0.4, -0.2) is 6.54 Å². The van der Waals surface area contributed by atoms with Gasteiger partial charge in [0.2, 0.25) is 0 Å². The van der Waals surface area contributed by atoms with Crippen LogP contribution in [0, 0.1) is 29.4 Å². The minimum atomic E-state index is -0.476. The molecule has 2 aliphatic rings. The molecular formula is C17H23F2N. The Morgan fingerprint density at radius 2 is 1.90 bits per heavy atom. The summed E-state index contributed by atoms with van der Waals surface area (Å²) >= 11 is 0. The fraction of sp³-hybridized carbons (Fsp3) is 0.647. The molecule has 0 spiro atoms. The van der Waals surface area contributed by atoms with Crippen LogP contribution >= 0.6 is 0 Å². The van der Waals surface area contributed by atoms with Crippen LogP contribution in [0.5, 0.6) is 0 Å². The van der Waals surface area contributed by atoms with Crippen molar-refractivity contribution >= 4 is 0 Å². The maximum atomic E-state index is 13.4. The molecule has 4 unspecified atom stereocenters. The minimum Gasteiger partial charge on any atom is -0.310 e. The van der Waals surface area contributed by atoms with Crippen molar-refractivity contribution in [2.45, 2.75) is 45.1 Å². The van der Waals surface area contributed by atoms with E-state index in [4.69, 9.17) is 0 Å². The van der Waals surface area contributed by atoms with Gasteiger partial charge in [-0.1, -0.05) is 13.3 Å². The van der Waals surface area contributed by atoms with Gasteiger partial charge in [-0.15, -0.1) is 0 Å². The third-order valence-corrected chi connectivity index (χ3v) is 5.16. The SMILES string of the molecule is CCNC(CC1CC2CCC1C2)c1cc(F)cc(F)c1. The smallest absolute Gasteiger partial charge is 0.126 e. The third-order valence-electron chi connectivity index (χ3n) is 5.16. The van der Waals surface area contributed by atoms with Crippen molar-refractivity contribution in [2.75, 3.05) is 6.54 Å². The van der Waals surface area contributed by atoms with Gasteiger partial charge in [0.25, 0.3) is 0 Å². The van der Waals surface area contributed by atoms with Gasteiger partial charge < -0.3 is 5.32 Å². The number of hydrogen-bond donors (Lipinski definition) is 1. The number of hydrogen-bond acceptors (Lipinski definition) is 1. The van der Waals surface area contributed by atoms with Crippen LogP contribution in [-0.2, 0) is 0 Å². The molecule has 0 aliphatic heterocycles. The molecule has 110 valence electrons. The molecule has 3 heteroatoms. The molecule has 2 bridgehead atoms. The Bertz CT molecular complexity index is 454. The molecule has 2 aliphatic carbocycles.